The van der Waals surface area contributed by atoms with Gasteiger partial charge in [-0.1, -0.05) is 159 Å². The molecule has 282 valence electrons. The van der Waals surface area contributed by atoms with Gasteiger partial charge in [0.05, 0.1) is 16.8 Å². The van der Waals surface area contributed by atoms with E-state index in [9.17, 15) is 0 Å². The molecule has 0 amide bonds. The third kappa shape index (κ3) is 4.64. The van der Waals surface area contributed by atoms with Crippen molar-refractivity contribution in [2.45, 2.75) is 19.3 Å². The lowest BCUT2D eigenvalue weighted by Crippen LogP contribution is -2.16. The first-order chi connectivity index (χ1) is 29.5. The van der Waals surface area contributed by atoms with E-state index in [2.05, 4.69) is 207 Å². The summed E-state index contributed by atoms with van der Waals surface area (Å²) in [6.07, 6.45) is 0. The molecule has 1 aliphatic rings. The minimum atomic E-state index is -0.158. The van der Waals surface area contributed by atoms with Crippen molar-refractivity contribution >= 4 is 103 Å². The van der Waals surface area contributed by atoms with Crippen molar-refractivity contribution in [3.63, 3.8) is 0 Å². The van der Waals surface area contributed by atoms with Crippen LogP contribution in [0.1, 0.15) is 25.0 Å². The smallest absolute Gasteiger partial charge is 0.144 e. The van der Waals surface area contributed by atoms with Gasteiger partial charge < -0.3 is 9.32 Å². The van der Waals surface area contributed by atoms with Crippen molar-refractivity contribution in [2.24, 2.45) is 0 Å². The van der Waals surface area contributed by atoms with Crippen LogP contribution in [0.4, 0.5) is 17.1 Å². The molecule has 2 nitrogen and oxygen atoms in total. The number of anilines is 3. The fourth-order valence-electron chi connectivity index (χ4n) is 10.5. The van der Waals surface area contributed by atoms with Crippen molar-refractivity contribution in [2.75, 3.05) is 4.90 Å². The van der Waals surface area contributed by atoms with Gasteiger partial charge >= 0.3 is 0 Å². The second-order valence-corrected chi connectivity index (χ2v) is 17.8. The van der Waals surface area contributed by atoms with Gasteiger partial charge in [-0.05, 0) is 91.6 Å². The van der Waals surface area contributed by atoms with Gasteiger partial charge in [0.2, 0.25) is 0 Å². The quantitative estimate of drug-likeness (QED) is 0.165. The Bertz CT molecular complexity index is 3770. The molecule has 0 fully saturated rings. The number of hydrogen-bond acceptors (Lipinski definition) is 3. The van der Waals surface area contributed by atoms with Gasteiger partial charge in [-0.25, -0.2) is 0 Å². The Balaban J connectivity index is 1.15. The Kier molecular flexibility index (Phi) is 6.98. The minimum absolute atomic E-state index is 0.158. The Morgan fingerprint density at radius 3 is 1.97 bits per heavy atom. The third-order valence-electron chi connectivity index (χ3n) is 13.2. The predicted octanol–water partition coefficient (Wildman–Crippen LogP) is 16.9. The molecule has 12 aromatic rings. The van der Waals surface area contributed by atoms with Gasteiger partial charge in [-0.15, -0.1) is 11.3 Å². The Labute approximate surface area is 351 Å². The molecule has 2 aromatic heterocycles. The molecule has 0 bridgehead atoms. The van der Waals surface area contributed by atoms with E-state index >= 15 is 0 Å². The first kappa shape index (κ1) is 33.7. The standard InChI is InChI=1S/C57H37NOS/c1-57(2)47-25-11-9-20-40(47)41-30-29-36(33-48(41)57)58(50-32-35-16-3-5-17-37(35)39-19-7-8-21-42(39)50)49-26-14-27-51-54(49)46-31-34-15-4-6-18-38(34)53(55(46)59-51)45-24-13-23-44-43-22-10-12-28-52(43)60-56(44)45/h3-33H,1-2H3. The monoisotopic (exact) mass is 783 g/mol. The zero-order valence-corrected chi connectivity index (χ0v) is 34.0. The lowest BCUT2D eigenvalue weighted by atomic mass is 9.82. The molecule has 2 heterocycles. The molecule has 0 N–H and O–H groups in total. The normalized spacial score (nSPS) is 13.3. The van der Waals surface area contributed by atoms with Crippen LogP contribution in [0.5, 0.6) is 0 Å². The second-order valence-electron chi connectivity index (χ2n) is 16.8. The van der Waals surface area contributed by atoms with Crippen LogP contribution >= 0.6 is 11.3 Å². The van der Waals surface area contributed by atoms with Crippen LogP contribution in [-0.2, 0) is 5.41 Å². The lowest BCUT2D eigenvalue weighted by Gasteiger charge is -2.30. The molecule has 0 saturated heterocycles. The number of benzene rings is 10. The van der Waals surface area contributed by atoms with Crippen LogP contribution in [0.25, 0.3) is 96.7 Å². The van der Waals surface area contributed by atoms with Crippen molar-refractivity contribution in [1.82, 2.24) is 0 Å². The Hall–Kier alpha value is -7.20. The average Bonchev–Trinajstić information content (AvgIpc) is 3.94. The Morgan fingerprint density at radius 1 is 0.450 bits per heavy atom. The predicted molar refractivity (Wildman–Crippen MR) is 257 cm³/mol. The van der Waals surface area contributed by atoms with Gasteiger partial charge in [0.1, 0.15) is 11.2 Å². The first-order valence-electron chi connectivity index (χ1n) is 20.8. The summed E-state index contributed by atoms with van der Waals surface area (Å²) in [4.78, 5) is 2.51. The number of fused-ring (bicyclic) bond motifs is 13. The summed E-state index contributed by atoms with van der Waals surface area (Å²) in [6, 6.07) is 69.3. The van der Waals surface area contributed by atoms with E-state index in [1.807, 2.05) is 11.3 Å². The first-order valence-corrected chi connectivity index (χ1v) is 21.6. The van der Waals surface area contributed by atoms with Crippen molar-refractivity contribution in [3.8, 4) is 22.3 Å². The fraction of sp³-hybridized carbons (Fsp3) is 0.0526. The third-order valence-corrected chi connectivity index (χ3v) is 14.4. The maximum absolute atomic E-state index is 7.22. The van der Waals surface area contributed by atoms with Gasteiger partial charge in [0.25, 0.3) is 0 Å². The number of nitrogens with zero attached hydrogens (tertiary/aromatic N) is 1. The van der Waals surface area contributed by atoms with E-state index in [1.165, 1.54) is 80.3 Å². The zero-order chi connectivity index (χ0) is 39.7. The van der Waals surface area contributed by atoms with Crippen LogP contribution in [-0.4, -0.2) is 0 Å². The number of thiophene rings is 1. The summed E-state index contributed by atoms with van der Waals surface area (Å²) >= 11 is 1.87. The van der Waals surface area contributed by atoms with Crippen molar-refractivity contribution < 1.29 is 4.42 Å². The highest BCUT2D eigenvalue weighted by Gasteiger charge is 2.36. The Morgan fingerprint density at radius 2 is 1.10 bits per heavy atom. The van der Waals surface area contributed by atoms with E-state index in [0.29, 0.717) is 0 Å². The summed E-state index contributed by atoms with van der Waals surface area (Å²) in [7, 11) is 0. The fourth-order valence-corrected chi connectivity index (χ4v) is 11.7. The van der Waals surface area contributed by atoms with Crippen LogP contribution in [0, 0.1) is 0 Å². The number of hydrogen-bond donors (Lipinski definition) is 0. The average molecular weight is 784 g/mol. The SMILES string of the molecule is CC1(C)c2ccccc2-c2ccc(N(c3cc4ccccc4c4ccccc34)c3cccc4oc5c(-c6cccc7c6sc6ccccc67)c6ccccc6cc5c34)cc21. The van der Waals surface area contributed by atoms with Crippen molar-refractivity contribution in [1.29, 1.82) is 0 Å². The number of furan rings is 1. The summed E-state index contributed by atoms with van der Waals surface area (Å²) in [6.45, 7) is 4.73. The van der Waals surface area contributed by atoms with Gasteiger partial charge in [-0.3, -0.25) is 0 Å². The second kappa shape index (κ2) is 12.4. The van der Waals surface area contributed by atoms with Crippen molar-refractivity contribution in [3.05, 3.63) is 199 Å². The zero-order valence-electron chi connectivity index (χ0n) is 33.2. The summed E-state index contributed by atoms with van der Waals surface area (Å²) < 4.78 is 9.79. The molecule has 1 aliphatic carbocycles. The maximum atomic E-state index is 7.22. The lowest BCUT2D eigenvalue weighted by molar-refractivity contribution is 0.660. The summed E-state index contributed by atoms with van der Waals surface area (Å²) in [5.74, 6) is 0. The number of rotatable bonds is 4. The van der Waals surface area contributed by atoms with Gasteiger partial charge in [0.15, 0.2) is 0 Å². The van der Waals surface area contributed by atoms with Crippen LogP contribution in [0.2, 0.25) is 0 Å². The van der Waals surface area contributed by atoms with Gasteiger partial charge in [-0.2, -0.15) is 0 Å². The topological polar surface area (TPSA) is 16.4 Å². The molecule has 60 heavy (non-hydrogen) atoms. The van der Waals surface area contributed by atoms with Gasteiger partial charge in [0, 0.05) is 53.2 Å². The molecular formula is C57H37NOS. The molecule has 0 radical (unpaired) electrons. The van der Waals surface area contributed by atoms with E-state index in [0.717, 1.165) is 44.6 Å². The molecule has 0 atom stereocenters. The summed E-state index contributed by atoms with van der Waals surface area (Å²) in [5, 5.41) is 12.1. The minimum Gasteiger partial charge on any atom is -0.455 e. The molecule has 0 aliphatic heterocycles. The van der Waals surface area contributed by atoms with Crippen LogP contribution < -0.4 is 4.90 Å². The molecule has 10 aromatic carbocycles. The van der Waals surface area contributed by atoms with E-state index in [-0.39, 0.29) is 5.41 Å². The van der Waals surface area contributed by atoms with E-state index < -0.39 is 0 Å². The molecule has 13 rings (SSSR count). The largest absolute Gasteiger partial charge is 0.455 e. The van der Waals surface area contributed by atoms with E-state index in [4.69, 9.17) is 4.42 Å². The van der Waals surface area contributed by atoms with E-state index in [1.54, 1.807) is 0 Å². The molecule has 0 unspecified atom stereocenters. The molecule has 0 saturated carbocycles. The highest BCUT2D eigenvalue weighted by atomic mass is 32.1. The molecular weight excluding hydrogens is 747 g/mol. The highest BCUT2D eigenvalue weighted by Crippen LogP contribution is 2.54. The highest BCUT2D eigenvalue weighted by molar-refractivity contribution is 7.26. The van der Waals surface area contributed by atoms with Crippen LogP contribution in [0.15, 0.2) is 192 Å². The maximum Gasteiger partial charge on any atom is 0.144 e. The van der Waals surface area contributed by atoms with Crippen LogP contribution in [0.3, 0.4) is 0 Å². The molecule has 0 spiro atoms. The summed E-state index contributed by atoms with van der Waals surface area (Å²) in [5.41, 5.74) is 12.6. The molecule has 3 heteroatoms.